The van der Waals surface area contributed by atoms with Crippen molar-refractivity contribution < 1.29 is 18.3 Å². The van der Waals surface area contributed by atoms with Gasteiger partial charge in [0.25, 0.3) is 5.91 Å². The predicted octanol–water partition coefficient (Wildman–Crippen LogP) is 3.34. The first-order chi connectivity index (χ1) is 16.5. The molecule has 10 heteroatoms. The maximum Gasteiger partial charge on any atom is 0.257 e. The summed E-state index contributed by atoms with van der Waals surface area (Å²) in [5.41, 5.74) is 4.45. The van der Waals surface area contributed by atoms with E-state index in [1.165, 1.54) is 4.90 Å². The number of carbonyl (C=O) groups excluding carboxylic acids is 1. The largest absolute Gasteiger partial charge is 0.507 e. The molecule has 1 amide bonds. The van der Waals surface area contributed by atoms with Gasteiger partial charge in [0, 0.05) is 19.7 Å². The molecule has 1 heterocycles. The third kappa shape index (κ3) is 5.08. The van der Waals surface area contributed by atoms with E-state index in [0.29, 0.717) is 0 Å². The monoisotopic (exact) mass is 491 g/mol. The number of nitrogens with zero attached hydrogens (tertiary/aromatic N) is 4. The van der Waals surface area contributed by atoms with Crippen molar-refractivity contribution in [1.82, 2.24) is 19.9 Å². The number of amides is 1. The average Bonchev–Trinajstić information content (AvgIpc) is 3.28. The molecule has 9 nitrogen and oxygen atoms in total. The van der Waals surface area contributed by atoms with Crippen molar-refractivity contribution in [3.05, 3.63) is 84.1 Å². The fraction of sp³-hybridized carbons (Fsp3) is 0.160. The van der Waals surface area contributed by atoms with E-state index in [1.54, 1.807) is 11.7 Å². The molecule has 35 heavy (non-hydrogen) atoms. The quantitative estimate of drug-likeness (QED) is 0.425. The molecule has 1 atom stereocenters. The third-order valence-electron chi connectivity index (χ3n) is 5.91. The molecule has 0 saturated carbocycles. The minimum atomic E-state index is -4.02. The van der Waals surface area contributed by atoms with Crippen LogP contribution in [0.2, 0.25) is 0 Å². The summed E-state index contributed by atoms with van der Waals surface area (Å²) in [6.45, 7) is 1.86. The van der Waals surface area contributed by atoms with Crippen LogP contribution in [0.3, 0.4) is 0 Å². The second-order valence-corrected chi connectivity index (χ2v) is 9.86. The zero-order valence-corrected chi connectivity index (χ0v) is 20.3. The van der Waals surface area contributed by atoms with E-state index in [1.807, 2.05) is 68.7 Å². The number of nitrogens with two attached hydrogens (primary N) is 1. The molecule has 4 aromatic rings. The lowest BCUT2D eigenvalue weighted by Gasteiger charge is -2.26. The standard InChI is InChI=1S/C25H25N5O4S/c1-16(30(3)25(32)22-14-21(35(26,33)34)11-12-24(22)31)19-5-4-6-20(13-19)17-7-9-18(10-8-17)23-15-29(2)28-27-23/h4-16,31H,1-3H3,(H2,26,33,34). The van der Waals surface area contributed by atoms with E-state index in [4.69, 9.17) is 5.14 Å². The lowest BCUT2D eigenvalue weighted by Crippen LogP contribution is -2.30. The second-order valence-electron chi connectivity index (χ2n) is 8.30. The summed E-state index contributed by atoms with van der Waals surface area (Å²) in [4.78, 5) is 14.3. The van der Waals surface area contributed by atoms with Gasteiger partial charge in [-0.25, -0.2) is 13.6 Å². The molecule has 0 spiro atoms. The molecule has 0 aliphatic rings. The van der Waals surface area contributed by atoms with Crippen LogP contribution in [0.15, 0.2) is 77.8 Å². The first-order valence-corrected chi connectivity index (χ1v) is 12.3. The van der Waals surface area contributed by atoms with Gasteiger partial charge in [0.15, 0.2) is 0 Å². The van der Waals surface area contributed by atoms with Crippen LogP contribution in [0.1, 0.15) is 28.9 Å². The molecule has 1 unspecified atom stereocenters. The second kappa shape index (κ2) is 9.32. The molecule has 0 saturated heterocycles. The van der Waals surface area contributed by atoms with E-state index < -0.39 is 15.9 Å². The van der Waals surface area contributed by atoms with Crippen molar-refractivity contribution in [2.45, 2.75) is 17.9 Å². The fourth-order valence-electron chi connectivity index (χ4n) is 3.74. The Hall–Kier alpha value is -4.02. The van der Waals surface area contributed by atoms with E-state index in [2.05, 4.69) is 10.3 Å². The number of primary sulfonamides is 1. The molecule has 0 aliphatic carbocycles. The summed E-state index contributed by atoms with van der Waals surface area (Å²) < 4.78 is 25.0. The lowest BCUT2D eigenvalue weighted by molar-refractivity contribution is 0.0739. The van der Waals surface area contributed by atoms with E-state index in [-0.39, 0.29) is 22.3 Å². The van der Waals surface area contributed by atoms with Gasteiger partial charge in [-0.15, -0.1) is 5.10 Å². The topological polar surface area (TPSA) is 131 Å². The highest BCUT2D eigenvalue weighted by Crippen LogP contribution is 2.30. The predicted molar refractivity (Wildman–Crippen MR) is 132 cm³/mol. The number of rotatable bonds is 6. The number of aromatic nitrogens is 3. The van der Waals surface area contributed by atoms with Crippen LogP contribution in [-0.4, -0.2) is 46.4 Å². The summed E-state index contributed by atoms with van der Waals surface area (Å²) >= 11 is 0. The number of aryl methyl sites for hydroxylation is 1. The number of benzene rings is 3. The molecule has 0 bridgehead atoms. The normalized spacial score (nSPS) is 12.3. The number of phenolic OH excluding ortho intramolecular Hbond substituents is 1. The molecule has 0 aliphatic heterocycles. The summed E-state index contributed by atoms with van der Waals surface area (Å²) in [5, 5.41) is 23.4. The van der Waals surface area contributed by atoms with Gasteiger partial charge in [-0.1, -0.05) is 47.7 Å². The van der Waals surface area contributed by atoms with Gasteiger partial charge >= 0.3 is 0 Å². The summed E-state index contributed by atoms with van der Waals surface area (Å²) in [6.07, 6.45) is 1.85. The Morgan fingerprint density at radius 1 is 1.03 bits per heavy atom. The molecule has 0 fully saturated rings. The van der Waals surface area contributed by atoms with E-state index in [0.717, 1.165) is 46.1 Å². The Balaban J connectivity index is 1.58. The van der Waals surface area contributed by atoms with Gasteiger partial charge < -0.3 is 10.0 Å². The van der Waals surface area contributed by atoms with Crippen LogP contribution < -0.4 is 5.14 Å². The summed E-state index contributed by atoms with van der Waals surface area (Å²) in [6, 6.07) is 18.8. The van der Waals surface area contributed by atoms with Gasteiger partial charge in [-0.05, 0) is 47.9 Å². The fourth-order valence-corrected chi connectivity index (χ4v) is 4.28. The minimum absolute atomic E-state index is 0.137. The van der Waals surface area contributed by atoms with Crippen LogP contribution in [0, 0.1) is 0 Å². The Bertz CT molecular complexity index is 1500. The van der Waals surface area contributed by atoms with Crippen LogP contribution in [0.25, 0.3) is 22.4 Å². The summed E-state index contributed by atoms with van der Waals surface area (Å²) in [7, 11) is -0.608. The minimum Gasteiger partial charge on any atom is -0.507 e. The number of phenols is 1. The highest BCUT2D eigenvalue weighted by atomic mass is 32.2. The first kappa shape index (κ1) is 24.1. The molecule has 0 radical (unpaired) electrons. The molecule has 4 rings (SSSR count). The summed E-state index contributed by atoms with van der Waals surface area (Å²) in [5.74, 6) is -0.849. The van der Waals surface area contributed by atoms with Crippen molar-refractivity contribution in [3.8, 4) is 28.1 Å². The highest BCUT2D eigenvalue weighted by Gasteiger charge is 2.23. The Morgan fingerprint density at radius 3 is 2.34 bits per heavy atom. The van der Waals surface area contributed by atoms with Gasteiger partial charge in [0.05, 0.1) is 22.7 Å². The molecular weight excluding hydrogens is 466 g/mol. The van der Waals surface area contributed by atoms with Crippen LogP contribution in [-0.2, 0) is 17.1 Å². The van der Waals surface area contributed by atoms with Crippen molar-refractivity contribution in [1.29, 1.82) is 0 Å². The highest BCUT2D eigenvalue weighted by molar-refractivity contribution is 7.89. The number of carbonyl (C=O) groups is 1. The van der Waals surface area contributed by atoms with Crippen LogP contribution in [0.5, 0.6) is 5.75 Å². The molecule has 180 valence electrons. The van der Waals surface area contributed by atoms with Crippen molar-refractivity contribution >= 4 is 15.9 Å². The number of hydrogen-bond donors (Lipinski definition) is 2. The smallest absolute Gasteiger partial charge is 0.257 e. The zero-order valence-electron chi connectivity index (χ0n) is 19.5. The van der Waals surface area contributed by atoms with E-state index in [9.17, 15) is 18.3 Å². The van der Waals surface area contributed by atoms with Crippen molar-refractivity contribution in [2.24, 2.45) is 12.2 Å². The van der Waals surface area contributed by atoms with Crippen molar-refractivity contribution in [2.75, 3.05) is 7.05 Å². The van der Waals surface area contributed by atoms with Crippen LogP contribution >= 0.6 is 0 Å². The maximum absolute atomic E-state index is 13.1. The number of aromatic hydroxyl groups is 1. The maximum atomic E-state index is 13.1. The van der Waals surface area contributed by atoms with Crippen molar-refractivity contribution in [3.63, 3.8) is 0 Å². The molecule has 3 aromatic carbocycles. The van der Waals surface area contributed by atoms with Gasteiger partial charge in [0.2, 0.25) is 10.0 Å². The molecular formula is C25H25N5O4S. The van der Waals surface area contributed by atoms with E-state index >= 15 is 0 Å². The first-order valence-electron chi connectivity index (χ1n) is 10.7. The van der Waals surface area contributed by atoms with Gasteiger partial charge in [-0.2, -0.15) is 0 Å². The Morgan fingerprint density at radius 2 is 1.71 bits per heavy atom. The average molecular weight is 492 g/mol. The Kier molecular flexibility index (Phi) is 6.42. The zero-order chi connectivity index (χ0) is 25.3. The Labute approximate surface area is 203 Å². The SMILES string of the molecule is CC(c1cccc(-c2ccc(-c3cn(C)nn3)cc2)c1)N(C)C(=O)c1cc(S(N)(=O)=O)ccc1O. The number of sulfonamides is 1. The number of hydrogen-bond acceptors (Lipinski definition) is 6. The van der Waals surface area contributed by atoms with Gasteiger partial charge in [0.1, 0.15) is 11.4 Å². The molecule has 3 N–H and O–H groups in total. The third-order valence-corrected chi connectivity index (χ3v) is 6.82. The van der Waals surface area contributed by atoms with Crippen LogP contribution in [0.4, 0.5) is 0 Å². The molecule has 1 aromatic heterocycles. The van der Waals surface area contributed by atoms with Gasteiger partial charge in [-0.3, -0.25) is 9.48 Å². The lowest BCUT2D eigenvalue weighted by atomic mass is 9.98.